The molecule has 0 radical (unpaired) electrons. The van der Waals surface area contributed by atoms with Crippen LogP contribution < -0.4 is 5.32 Å². The van der Waals surface area contributed by atoms with Crippen molar-refractivity contribution < 1.29 is 24.6 Å². The molecule has 1 atom stereocenters. The van der Waals surface area contributed by atoms with Crippen LogP contribution in [-0.2, 0) is 14.4 Å². The van der Waals surface area contributed by atoms with Crippen molar-refractivity contribution in [1.82, 2.24) is 5.32 Å². The van der Waals surface area contributed by atoms with Gasteiger partial charge >= 0.3 is 11.9 Å². The number of carbonyl (C=O) groups is 3. The Morgan fingerprint density at radius 3 is 2.52 bits per heavy atom. The van der Waals surface area contributed by atoms with Crippen LogP contribution in [0.3, 0.4) is 0 Å². The van der Waals surface area contributed by atoms with Crippen LogP contribution in [-0.4, -0.2) is 34.1 Å². The molecule has 1 rings (SSSR count). The minimum atomic E-state index is -1.46. The Bertz CT molecular complexity index is 597. The topological polar surface area (TPSA) is 104 Å². The maximum Gasteiger partial charge on any atom is 0.326 e. The number of carbonyl (C=O) groups excluding carboxylic acids is 1. The zero-order chi connectivity index (χ0) is 16.0. The standard InChI is InChI=1S/C14H14BrNO5/c1-8-2-3-9(10(15)6-8)4-5-12(17)16-11(14(20)21)7-13(18)19/h2-6,11H,7H2,1H3,(H,16,17)(H,18,19)(H,20,21)/b5-4+. The summed E-state index contributed by atoms with van der Waals surface area (Å²) in [6.45, 7) is 1.92. The highest BCUT2D eigenvalue weighted by Gasteiger charge is 2.21. The average Bonchev–Trinajstić information content (AvgIpc) is 2.36. The Balaban J connectivity index is 2.73. The Morgan fingerprint density at radius 1 is 1.33 bits per heavy atom. The molecule has 6 nitrogen and oxygen atoms in total. The normalized spacial score (nSPS) is 12.1. The van der Waals surface area contributed by atoms with Gasteiger partial charge in [0.05, 0.1) is 6.42 Å². The summed E-state index contributed by atoms with van der Waals surface area (Å²) in [6.07, 6.45) is 1.99. The molecule has 0 saturated heterocycles. The molecule has 0 saturated carbocycles. The molecule has 0 aliphatic rings. The first-order valence-electron chi connectivity index (χ1n) is 5.99. The fourth-order valence-electron chi connectivity index (χ4n) is 1.53. The summed E-state index contributed by atoms with van der Waals surface area (Å²) in [4.78, 5) is 33.0. The molecule has 1 amide bonds. The zero-order valence-electron chi connectivity index (χ0n) is 11.2. The van der Waals surface area contributed by atoms with Crippen molar-refractivity contribution in [3.05, 3.63) is 39.9 Å². The van der Waals surface area contributed by atoms with E-state index >= 15 is 0 Å². The predicted molar refractivity (Wildman–Crippen MR) is 79.7 cm³/mol. The summed E-state index contributed by atoms with van der Waals surface area (Å²) in [5.74, 6) is -3.36. The molecule has 1 aromatic rings. The maximum absolute atomic E-state index is 11.6. The predicted octanol–water partition coefficient (Wildman–Crippen LogP) is 1.81. The first-order valence-corrected chi connectivity index (χ1v) is 6.78. The van der Waals surface area contributed by atoms with Crippen molar-refractivity contribution in [2.24, 2.45) is 0 Å². The molecule has 0 aliphatic carbocycles. The summed E-state index contributed by atoms with van der Waals surface area (Å²) >= 11 is 3.35. The average molecular weight is 356 g/mol. The van der Waals surface area contributed by atoms with Gasteiger partial charge in [-0.2, -0.15) is 0 Å². The molecule has 0 aliphatic heterocycles. The summed E-state index contributed by atoms with van der Waals surface area (Å²) in [6, 6.07) is 4.09. The summed E-state index contributed by atoms with van der Waals surface area (Å²) in [5.41, 5.74) is 1.80. The third-order valence-electron chi connectivity index (χ3n) is 2.56. The van der Waals surface area contributed by atoms with Crippen LogP contribution in [0.1, 0.15) is 17.5 Å². The third kappa shape index (κ3) is 5.78. The monoisotopic (exact) mass is 355 g/mol. The van der Waals surface area contributed by atoms with E-state index in [0.717, 1.165) is 21.7 Å². The van der Waals surface area contributed by atoms with Gasteiger partial charge in [0.1, 0.15) is 6.04 Å². The number of halogens is 1. The number of carboxylic acid groups (broad SMARTS) is 2. The van der Waals surface area contributed by atoms with E-state index in [-0.39, 0.29) is 0 Å². The zero-order valence-corrected chi connectivity index (χ0v) is 12.8. The molecular formula is C14H14BrNO5. The van der Waals surface area contributed by atoms with Gasteiger partial charge in [-0.15, -0.1) is 0 Å². The number of carboxylic acids is 2. The number of hydrogen-bond donors (Lipinski definition) is 3. The van der Waals surface area contributed by atoms with Gasteiger partial charge in [0, 0.05) is 10.5 Å². The molecule has 1 aromatic carbocycles. The largest absolute Gasteiger partial charge is 0.481 e. The number of rotatable bonds is 6. The Morgan fingerprint density at radius 2 is 2.00 bits per heavy atom. The molecule has 3 N–H and O–H groups in total. The quantitative estimate of drug-likeness (QED) is 0.675. The van der Waals surface area contributed by atoms with Gasteiger partial charge in [0.25, 0.3) is 0 Å². The van der Waals surface area contributed by atoms with E-state index in [1.165, 1.54) is 6.08 Å². The van der Waals surface area contributed by atoms with E-state index < -0.39 is 30.3 Å². The third-order valence-corrected chi connectivity index (χ3v) is 3.25. The van der Waals surface area contributed by atoms with E-state index in [0.29, 0.717) is 0 Å². The van der Waals surface area contributed by atoms with E-state index in [4.69, 9.17) is 10.2 Å². The molecule has 7 heteroatoms. The molecular weight excluding hydrogens is 342 g/mol. The van der Waals surface area contributed by atoms with Gasteiger partial charge in [0.2, 0.25) is 5.91 Å². The number of amides is 1. The van der Waals surface area contributed by atoms with Gasteiger partial charge in [-0.3, -0.25) is 9.59 Å². The molecule has 1 unspecified atom stereocenters. The highest BCUT2D eigenvalue weighted by Crippen LogP contribution is 2.19. The van der Waals surface area contributed by atoms with Gasteiger partial charge in [-0.1, -0.05) is 28.1 Å². The molecule has 0 spiro atoms. The lowest BCUT2D eigenvalue weighted by Gasteiger charge is -2.10. The van der Waals surface area contributed by atoms with Crippen LogP contribution >= 0.6 is 15.9 Å². The van der Waals surface area contributed by atoms with Gasteiger partial charge in [0.15, 0.2) is 0 Å². The van der Waals surface area contributed by atoms with E-state index in [1.807, 2.05) is 19.1 Å². The fraction of sp³-hybridized carbons (Fsp3) is 0.214. The Kier molecular flexibility index (Phi) is 6.10. The Labute approximate surface area is 129 Å². The Hall–Kier alpha value is -2.15. The van der Waals surface area contributed by atoms with Gasteiger partial charge in [-0.05, 0) is 30.2 Å². The van der Waals surface area contributed by atoms with Crippen molar-refractivity contribution in [3.8, 4) is 0 Å². The number of aryl methyl sites for hydroxylation is 1. The first kappa shape index (κ1) is 16.9. The van der Waals surface area contributed by atoms with Crippen LogP contribution in [0.25, 0.3) is 6.08 Å². The van der Waals surface area contributed by atoms with Crippen molar-refractivity contribution in [3.63, 3.8) is 0 Å². The van der Waals surface area contributed by atoms with Crippen LogP contribution in [0.15, 0.2) is 28.7 Å². The smallest absolute Gasteiger partial charge is 0.326 e. The van der Waals surface area contributed by atoms with Crippen LogP contribution in [0, 0.1) is 6.92 Å². The van der Waals surface area contributed by atoms with Crippen molar-refractivity contribution in [1.29, 1.82) is 0 Å². The minimum absolute atomic E-state index is 0.670. The second kappa shape index (κ2) is 7.58. The lowest BCUT2D eigenvalue weighted by atomic mass is 10.1. The van der Waals surface area contributed by atoms with Gasteiger partial charge in [-0.25, -0.2) is 4.79 Å². The minimum Gasteiger partial charge on any atom is -0.481 e. The van der Waals surface area contributed by atoms with E-state index in [9.17, 15) is 14.4 Å². The van der Waals surface area contributed by atoms with Crippen LogP contribution in [0.5, 0.6) is 0 Å². The highest BCUT2D eigenvalue weighted by atomic mass is 79.9. The SMILES string of the molecule is Cc1ccc(/C=C/C(=O)NC(CC(=O)O)C(=O)O)c(Br)c1. The summed E-state index contributed by atoms with van der Waals surface area (Å²) in [7, 11) is 0. The summed E-state index contributed by atoms with van der Waals surface area (Å²) < 4.78 is 0.798. The van der Waals surface area contributed by atoms with Crippen molar-refractivity contribution in [2.75, 3.05) is 0 Å². The van der Waals surface area contributed by atoms with Crippen molar-refractivity contribution in [2.45, 2.75) is 19.4 Å². The second-order valence-corrected chi connectivity index (χ2v) is 5.21. The number of benzene rings is 1. The molecule has 21 heavy (non-hydrogen) atoms. The molecule has 0 fully saturated rings. The first-order chi connectivity index (χ1) is 9.79. The molecule has 112 valence electrons. The van der Waals surface area contributed by atoms with E-state index in [2.05, 4.69) is 21.2 Å². The molecule has 0 heterocycles. The number of hydrogen-bond acceptors (Lipinski definition) is 3. The second-order valence-electron chi connectivity index (χ2n) is 4.36. The number of aliphatic carboxylic acids is 2. The van der Waals surface area contributed by atoms with Gasteiger partial charge < -0.3 is 15.5 Å². The number of nitrogens with one attached hydrogen (secondary N) is 1. The van der Waals surface area contributed by atoms with Crippen LogP contribution in [0.2, 0.25) is 0 Å². The maximum atomic E-state index is 11.6. The molecule has 0 bridgehead atoms. The fourth-order valence-corrected chi connectivity index (χ4v) is 2.15. The van der Waals surface area contributed by atoms with Crippen molar-refractivity contribution >= 4 is 39.9 Å². The lowest BCUT2D eigenvalue weighted by Crippen LogP contribution is -2.41. The lowest BCUT2D eigenvalue weighted by molar-refractivity contribution is -0.146. The van der Waals surface area contributed by atoms with E-state index in [1.54, 1.807) is 6.07 Å². The molecule has 0 aromatic heterocycles. The highest BCUT2D eigenvalue weighted by molar-refractivity contribution is 9.10. The van der Waals surface area contributed by atoms with Crippen LogP contribution in [0.4, 0.5) is 0 Å². The summed E-state index contributed by atoms with van der Waals surface area (Å²) in [5, 5.41) is 19.5.